The van der Waals surface area contributed by atoms with Gasteiger partial charge in [0.1, 0.15) is 18.1 Å². The minimum Gasteiger partial charge on any atom is -0.427 e. The molecule has 0 radical (unpaired) electrons. The summed E-state index contributed by atoms with van der Waals surface area (Å²) in [7, 11) is -36.5. The van der Waals surface area contributed by atoms with E-state index in [4.69, 9.17) is 4.74 Å². The number of alkyl halides is 17. The molecule has 0 bridgehead atoms. The first-order valence-corrected chi connectivity index (χ1v) is 28.3. The zero-order valence-corrected chi connectivity index (χ0v) is 43.6. The van der Waals surface area contributed by atoms with Gasteiger partial charge in [0.2, 0.25) is 12.0 Å². The summed E-state index contributed by atoms with van der Waals surface area (Å²) >= 11 is 0. The van der Waals surface area contributed by atoms with Crippen LogP contribution in [0.4, 0.5) is 74.6 Å². The van der Waals surface area contributed by atoms with Gasteiger partial charge in [-0.1, -0.05) is 63.9 Å². The van der Waals surface area contributed by atoms with Crippen molar-refractivity contribution in [3.63, 3.8) is 0 Å². The Morgan fingerprint density at radius 2 is 0.988 bits per heavy atom. The summed E-state index contributed by atoms with van der Waals surface area (Å²) in [5.41, 5.74) is -11.7. The molecule has 3 aromatic carbocycles. The monoisotopic (exact) mass is 1300 g/mol. The molecule has 1 fully saturated rings. The molecule has 1 heterocycles. The maximum atomic E-state index is 14.5. The van der Waals surface area contributed by atoms with Crippen LogP contribution in [0.5, 0.6) is 11.5 Å². The van der Waals surface area contributed by atoms with Gasteiger partial charge in [-0.05, 0) is 58.7 Å². The first-order chi connectivity index (χ1) is 36.5. The summed E-state index contributed by atoms with van der Waals surface area (Å²) in [6, 6.07) is 14.9. The van der Waals surface area contributed by atoms with Crippen molar-refractivity contribution >= 4 is 90.9 Å². The third kappa shape index (κ3) is 15.9. The second kappa shape index (κ2) is 24.6. The zero-order chi connectivity index (χ0) is 62.6. The van der Waals surface area contributed by atoms with Gasteiger partial charge in [-0.15, -0.1) is 0 Å². The number of nitrogens with one attached hydrogen (secondary N) is 2. The lowest BCUT2D eigenvalue weighted by atomic mass is 10.1. The number of ether oxygens (including phenoxy) is 3. The number of esters is 2. The smallest absolute Gasteiger partial charge is 0.427 e. The fourth-order valence-electron chi connectivity index (χ4n) is 6.00. The second-order valence-corrected chi connectivity index (χ2v) is 25.1. The van der Waals surface area contributed by atoms with Crippen LogP contribution in [0.25, 0.3) is 22.9 Å². The molecule has 1 saturated heterocycles. The largest absolute Gasteiger partial charge is 0.512 e. The SMILES string of the molecule is C=Cc1ccc(OC(=O)CCCC(=O)N2CCN(S(=O)(=O)C(F)(F)C(F)(F)C(F)(F)S(=O)(=O)NS(=O)(=O)C(F)(F)F)CC2)cc1.C=Cc1ccc2cc(OC(=O)COC(C(F)(F)F)C(F)(F)S(=O)(=O)NS(=O)(=O)C(F)(F)F)ccc2c1. The Bertz CT molecular complexity index is 3430. The average Bonchev–Trinajstić information content (AvgIpc) is 3.45. The zero-order valence-electron chi connectivity index (χ0n) is 39.5. The van der Waals surface area contributed by atoms with Gasteiger partial charge in [0, 0.05) is 39.0 Å². The highest BCUT2D eigenvalue weighted by atomic mass is 32.3. The quantitative estimate of drug-likeness (QED) is 0.0647. The number of benzene rings is 3. The molecule has 20 nitrogen and oxygen atoms in total. The summed E-state index contributed by atoms with van der Waals surface area (Å²) in [6.45, 7) is 1.23. The minimum atomic E-state index is -7.88. The Morgan fingerprint density at radius 3 is 1.47 bits per heavy atom. The number of piperazine rings is 1. The molecule has 1 aliphatic rings. The van der Waals surface area contributed by atoms with Crippen LogP contribution in [0.2, 0.25) is 0 Å². The first-order valence-electron chi connectivity index (χ1n) is 20.9. The van der Waals surface area contributed by atoms with Crippen LogP contribution in [-0.2, 0) is 69.2 Å². The number of nitrogens with zero attached hydrogens (tertiary/aromatic N) is 2. The topological polar surface area (TPSA) is 280 Å². The number of fused-ring (bicyclic) bond motifs is 1. The molecule has 456 valence electrons. The van der Waals surface area contributed by atoms with E-state index >= 15 is 0 Å². The van der Waals surface area contributed by atoms with E-state index in [9.17, 15) is 131 Å². The van der Waals surface area contributed by atoms with Gasteiger partial charge in [0.15, 0.2) is 0 Å². The molecule has 81 heavy (non-hydrogen) atoms. The number of amides is 1. The van der Waals surface area contributed by atoms with Gasteiger partial charge in [-0.3, -0.25) is 9.59 Å². The Morgan fingerprint density at radius 1 is 0.543 bits per heavy atom. The number of hydrogen-bond acceptors (Lipinski definition) is 16. The third-order valence-electron chi connectivity index (χ3n) is 10.1. The molecular formula is C39H35F17N4O16S5. The summed E-state index contributed by atoms with van der Waals surface area (Å²) in [4.78, 5) is 37.0. The summed E-state index contributed by atoms with van der Waals surface area (Å²) in [5, 5.41) is -19.7. The van der Waals surface area contributed by atoms with Gasteiger partial charge in [-0.2, -0.15) is 78.9 Å². The van der Waals surface area contributed by atoms with Crippen molar-refractivity contribution in [3.8, 4) is 11.5 Å². The summed E-state index contributed by atoms with van der Waals surface area (Å²) in [6.07, 6.45) is -8.72. The molecule has 0 aliphatic carbocycles. The van der Waals surface area contributed by atoms with Gasteiger partial charge in [0.05, 0.1) is 0 Å². The van der Waals surface area contributed by atoms with Crippen molar-refractivity contribution in [2.45, 2.75) is 64.2 Å². The maximum absolute atomic E-state index is 14.5. The molecule has 1 aliphatic heterocycles. The molecule has 0 saturated carbocycles. The van der Waals surface area contributed by atoms with Crippen molar-refractivity contribution in [2.75, 3.05) is 32.8 Å². The lowest BCUT2D eigenvalue weighted by molar-refractivity contribution is -0.262. The van der Waals surface area contributed by atoms with Crippen LogP contribution in [0.1, 0.15) is 30.4 Å². The molecule has 3 aromatic rings. The molecule has 0 aromatic heterocycles. The highest BCUT2D eigenvalue weighted by Gasteiger charge is 2.83. The van der Waals surface area contributed by atoms with Crippen molar-refractivity contribution in [3.05, 3.63) is 84.9 Å². The average molecular weight is 1300 g/mol. The van der Waals surface area contributed by atoms with Crippen LogP contribution >= 0.6 is 0 Å². The van der Waals surface area contributed by atoms with Crippen molar-refractivity contribution < 1.29 is 145 Å². The van der Waals surface area contributed by atoms with E-state index in [1.807, 2.05) is 0 Å². The van der Waals surface area contributed by atoms with Crippen LogP contribution in [0, 0.1) is 0 Å². The molecule has 42 heteroatoms. The highest BCUT2D eigenvalue weighted by molar-refractivity contribution is 8.06. The van der Waals surface area contributed by atoms with Gasteiger partial charge >= 0.3 is 70.9 Å². The summed E-state index contributed by atoms with van der Waals surface area (Å²) in [5.74, 6) is -10.9. The third-order valence-corrected chi connectivity index (χ3v) is 18.7. The highest BCUT2D eigenvalue weighted by Crippen LogP contribution is 2.52. The normalized spacial score (nSPS) is 15.5. The lowest BCUT2D eigenvalue weighted by Gasteiger charge is -2.38. The van der Waals surface area contributed by atoms with Gasteiger partial charge < -0.3 is 19.1 Å². The van der Waals surface area contributed by atoms with Crippen molar-refractivity contribution in [1.29, 1.82) is 0 Å². The molecule has 1 amide bonds. The van der Waals surface area contributed by atoms with E-state index in [2.05, 4.69) is 22.6 Å². The fraction of sp³-hybridized carbons (Fsp3) is 0.410. The van der Waals surface area contributed by atoms with Crippen LogP contribution in [0.3, 0.4) is 0 Å². The van der Waals surface area contributed by atoms with E-state index in [-0.39, 0.29) is 30.8 Å². The Balaban J connectivity index is 0.000000436. The molecular weight excluding hydrogens is 1260 g/mol. The van der Waals surface area contributed by atoms with E-state index in [1.54, 1.807) is 36.4 Å². The summed E-state index contributed by atoms with van der Waals surface area (Å²) < 4.78 is 352. The lowest BCUT2D eigenvalue weighted by Crippen LogP contribution is -2.66. The van der Waals surface area contributed by atoms with Crippen LogP contribution < -0.4 is 17.7 Å². The molecule has 1 unspecified atom stereocenters. The molecule has 1 atom stereocenters. The number of carbonyl (C=O) groups is 3. The Hall–Kier alpha value is -5.79. The Kier molecular flexibility index (Phi) is 21.1. The van der Waals surface area contributed by atoms with Gasteiger partial charge in [0.25, 0.3) is 30.1 Å². The maximum Gasteiger partial charge on any atom is 0.512 e. The van der Waals surface area contributed by atoms with E-state index in [0.29, 0.717) is 10.8 Å². The number of halogens is 17. The minimum absolute atomic E-state index is 0.104. The van der Waals surface area contributed by atoms with Crippen LogP contribution in [0.15, 0.2) is 73.8 Å². The van der Waals surface area contributed by atoms with E-state index < -0.39 is 158 Å². The van der Waals surface area contributed by atoms with Crippen molar-refractivity contribution in [2.24, 2.45) is 0 Å². The number of sulfonamides is 5. The first kappa shape index (κ1) is 69.5. The fourth-order valence-corrected chi connectivity index (χ4v) is 12.4. The number of hydrogen-bond donors (Lipinski definition) is 2. The van der Waals surface area contributed by atoms with E-state index in [1.165, 1.54) is 36.4 Å². The predicted octanol–water partition coefficient (Wildman–Crippen LogP) is 6.17. The molecule has 4 rings (SSSR count). The van der Waals surface area contributed by atoms with Crippen LogP contribution in [-0.4, -0.2) is 147 Å². The second-order valence-electron chi connectivity index (χ2n) is 15.8. The molecule has 0 spiro atoms. The standard InChI is InChI=1S/C21H22F9N3O9S3.C18H13F8NO7S2/c1-2-14-6-8-15(9-7-14)42-17(35)5-3-4-16(34)32-10-12-33(13-11-32)45(40,41)20(26,27)18(22,23)19(24,25)43(36,37)31-44(38,39)21(28,29)30;1-2-10-3-4-12-8-13(6-5-11(12)7-10)34-14(28)9-33-15(16(19,20)21)17(22,23)35(29,30)27-36(31,32)18(24,25)26/h2,6-9,31H,1,3-5,10-13H2;2-8,15,27H,1,9H2. The van der Waals surface area contributed by atoms with Gasteiger partial charge in [-0.25, -0.2) is 46.9 Å². The number of rotatable bonds is 22. The van der Waals surface area contributed by atoms with Crippen molar-refractivity contribution in [1.82, 2.24) is 17.5 Å². The van der Waals surface area contributed by atoms with E-state index in [0.717, 1.165) is 16.0 Å². The Labute approximate surface area is 445 Å². The molecule has 2 N–H and O–H groups in total. The predicted molar refractivity (Wildman–Crippen MR) is 242 cm³/mol. The number of carbonyl (C=O) groups excluding carboxylic acids is 3.